The molecule has 0 saturated carbocycles. The summed E-state index contributed by atoms with van der Waals surface area (Å²) < 4.78 is 10.7. The van der Waals surface area contributed by atoms with Gasteiger partial charge in [-0.15, -0.1) is 0 Å². The van der Waals surface area contributed by atoms with Gasteiger partial charge in [0.2, 0.25) is 11.7 Å². The van der Waals surface area contributed by atoms with Gasteiger partial charge in [-0.3, -0.25) is 4.79 Å². The Balaban J connectivity index is 2.13. The molecule has 2 unspecified atom stereocenters. The first kappa shape index (κ1) is 17.8. The second kappa shape index (κ2) is 7.35. The van der Waals surface area contributed by atoms with Crippen molar-refractivity contribution < 1.29 is 34.7 Å². The molecule has 0 spiro atoms. The van der Waals surface area contributed by atoms with Crippen molar-refractivity contribution in [3.63, 3.8) is 0 Å². The van der Waals surface area contributed by atoms with Crippen LogP contribution < -0.4 is 5.32 Å². The van der Waals surface area contributed by atoms with E-state index in [9.17, 15) is 25.2 Å². The van der Waals surface area contributed by atoms with Gasteiger partial charge in [0.25, 0.3) is 0 Å². The highest BCUT2D eigenvalue weighted by Crippen LogP contribution is 2.31. The van der Waals surface area contributed by atoms with Gasteiger partial charge in [-0.1, -0.05) is 30.3 Å². The van der Waals surface area contributed by atoms with E-state index < -0.39 is 42.8 Å². The minimum absolute atomic E-state index is 0.0112. The van der Waals surface area contributed by atoms with Gasteiger partial charge in [-0.05, 0) is 5.56 Å². The third-order valence-electron chi connectivity index (χ3n) is 3.69. The largest absolute Gasteiger partial charge is 0.391 e. The molecular formula is C15H21NO7. The zero-order valence-electron chi connectivity index (χ0n) is 12.6. The minimum Gasteiger partial charge on any atom is -0.391 e. The lowest BCUT2D eigenvalue weighted by Gasteiger charge is -2.47. The van der Waals surface area contributed by atoms with Gasteiger partial charge in [0, 0.05) is 6.92 Å². The smallest absolute Gasteiger partial charge is 0.223 e. The fraction of sp³-hybridized carbons (Fsp3) is 0.533. The quantitative estimate of drug-likeness (QED) is 0.444. The first-order valence-electron chi connectivity index (χ1n) is 7.17. The Hall–Kier alpha value is -1.55. The lowest BCUT2D eigenvalue weighted by atomic mass is 9.94. The Morgan fingerprint density at radius 1 is 1.30 bits per heavy atom. The van der Waals surface area contributed by atoms with Gasteiger partial charge in [-0.25, -0.2) is 0 Å². The number of hydrogen-bond acceptors (Lipinski definition) is 7. The Labute approximate surface area is 133 Å². The number of carbonyl (C=O) groups is 1. The Morgan fingerprint density at radius 2 is 1.96 bits per heavy atom. The summed E-state index contributed by atoms with van der Waals surface area (Å²) in [5.74, 6) is -2.51. The fourth-order valence-corrected chi connectivity index (χ4v) is 2.44. The predicted molar refractivity (Wildman–Crippen MR) is 77.8 cm³/mol. The monoisotopic (exact) mass is 327 g/mol. The standard InChI is InChI=1S/C15H21NO7/c1-9(18)16-11-12(19)13(20)15(8-17,23-14(11)21)22-7-10-5-3-2-4-6-10/h2-6,11-14,17,19-21H,7-8H2,1H3,(H,16,18)/t11?,12-,13+,14-,15?/m0/s1. The molecule has 1 aliphatic rings. The second-order valence-electron chi connectivity index (χ2n) is 5.41. The number of rotatable bonds is 5. The maximum Gasteiger partial charge on any atom is 0.223 e. The summed E-state index contributed by atoms with van der Waals surface area (Å²) in [6.45, 7) is 0.399. The van der Waals surface area contributed by atoms with Crippen molar-refractivity contribution in [1.82, 2.24) is 5.32 Å². The number of aliphatic hydroxyl groups excluding tert-OH is 4. The van der Waals surface area contributed by atoms with Crippen LogP contribution in [0, 0.1) is 0 Å². The van der Waals surface area contributed by atoms with Gasteiger partial charge < -0.3 is 35.2 Å². The van der Waals surface area contributed by atoms with Crippen LogP contribution in [-0.2, 0) is 20.9 Å². The normalized spacial score (nSPS) is 34.1. The van der Waals surface area contributed by atoms with Crippen molar-refractivity contribution in [2.45, 2.75) is 43.9 Å². The molecule has 8 heteroatoms. The average Bonchev–Trinajstić information content (AvgIpc) is 2.54. The summed E-state index contributed by atoms with van der Waals surface area (Å²) in [7, 11) is 0. The maximum absolute atomic E-state index is 11.1. The molecule has 8 nitrogen and oxygen atoms in total. The van der Waals surface area contributed by atoms with Crippen molar-refractivity contribution in [3.05, 3.63) is 35.9 Å². The SMILES string of the molecule is CC(=O)NC1[C@@H](O)OC(CO)(OCc2ccccc2)[C@H](O)[C@H]1O. The van der Waals surface area contributed by atoms with Crippen LogP contribution in [0.25, 0.3) is 0 Å². The van der Waals surface area contributed by atoms with Crippen LogP contribution in [0.4, 0.5) is 0 Å². The van der Waals surface area contributed by atoms with E-state index in [0.717, 1.165) is 5.56 Å². The van der Waals surface area contributed by atoms with E-state index in [4.69, 9.17) is 9.47 Å². The minimum atomic E-state index is -2.00. The molecular weight excluding hydrogens is 306 g/mol. The zero-order valence-corrected chi connectivity index (χ0v) is 12.6. The van der Waals surface area contributed by atoms with E-state index in [-0.39, 0.29) is 6.61 Å². The molecule has 2 rings (SSSR count). The van der Waals surface area contributed by atoms with Crippen LogP contribution >= 0.6 is 0 Å². The molecule has 0 bridgehead atoms. The van der Waals surface area contributed by atoms with E-state index in [1.165, 1.54) is 6.92 Å². The van der Waals surface area contributed by atoms with Crippen molar-refractivity contribution in [2.24, 2.45) is 0 Å². The number of aliphatic hydroxyl groups is 4. The van der Waals surface area contributed by atoms with Crippen LogP contribution in [0.1, 0.15) is 12.5 Å². The molecule has 1 amide bonds. The Morgan fingerprint density at radius 3 is 2.52 bits per heavy atom. The van der Waals surface area contributed by atoms with E-state index in [0.29, 0.717) is 0 Å². The van der Waals surface area contributed by atoms with Crippen LogP contribution in [-0.4, -0.2) is 63.3 Å². The highest BCUT2D eigenvalue weighted by Gasteiger charge is 2.54. The molecule has 0 radical (unpaired) electrons. The molecule has 23 heavy (non-hydrogen) atoms. The highest BCUT2D eigenvalue weighted by atomic mass is 16.8. The number of carbonyl (C=O) groups excluding carboxylic acids is 1. The second-order valence-corrected chi connectivity index (χ2v) is 5.41. The first-order chi connectivity index (χ1) is 10.9. The lowest BCUT2D eigenvalue weighted by Crippen LogP contribution is -2.70. The molecule has 1 heterocycles. The molecule has 128 valence electrons. The van der Waals surface area contributed by atoms with Crippen LogP contribution in [0.2, 0.25) is 0 Å². The number of hydrogen-bond donors (Lipinski definition) is 5. The van der Waals surface area contributed by atoms with Gasteiger partial charge in [0.05, 0.1) is 6.61 Å². The highest BCUT2D eigenvalue weighted by molar-refractivity contribution is 5.73. The van der Waals surface area contributed by atoms with Crippen LogP contribution in [0.3, 0.4) is 0 Å². The summed E-state index contributed by atoms with van der Waals surface area (Å²) in [5, 5.41) is 42.2. The molecule has 1 aliphatic heterocycles. The summed E-state index contributed by atoms with van der Waals surface area (Å²) in [6.07, 6.45) is -4.90. The molecule has 1 saturated heterocycles. The van der Waals surface area contributed by atoms with Crippen molar-refractivity contribution in [1.29, 1.82) is 0 Å². The number of amides is 1. The van der Waals surface area contributed by atoms with Gasteiger partial charge in [0.15, 0.2) is 6.29 Å². The molecule has 0 aromatic heterocycles. The number of ether oxygens (including phenoxy) is 2. The molecule has 0 aliphatic carbocycles. The van der Waals surface area contributed by atoms with Gasteiger partial charge >= 0.3 is 0 Å². The first-order valence-corrected chi connectivity index (χ1v) is 7.17. The maximum atomic E-state index is 11.1. The van der Waals surface area contributed by atoms with Crippen molar-refractivity contribution in [3.8, 4) is 0 Å². The molecule has 1 aromatic rings. The summed E-state index contributed by atoms with van der Waals surface area (Å²) in [6, 6.07) is 7.71. The van der Waals surface area contributed by atoms with Gasteiger partial charge in [-0.2, -0.15) is 0 Å². The Bertz CT molecular complexity index is 526. The van der Waals surface area contributed by atoms with Crippen LogP contribution in [0.5, 0.6) is 0 Å². The predicted octanol–water partition coefficient (Wildman–Crippen LogP) is -1.53. The zero-order chi connectivity index (χ0) is 17.0. The molecule has 1 fully saturated rings. The lowest BCUT2D eigenvalue weighted by molar-refractivity contribution is -0.390. The van der Waals surface area contributed by atoms with E-state index in [1.54, 1.807) is 24.3 Å². The van der Waals surface area contributed by atoms with Crippen molar-refractivity contribution in [2.75, 3.05) is 6.61 Å². The van der Waals surface area contributed by atoms with E-state index in [2.05, 4.69) is 5.32 Å². The molecule has 5 N–H and O–H groups in total. The van der Waals surface area contributed by atoms with Gasteiger partial charge in [0.1, 0.15) is 24.9 Å². The topological polar surface area (TPSA) is 128 Å². The van der Waals surface area contributed by atoms with E-state index >= 15 is 0 Å². The van der Waals surface area contributed by atoms with Crippen molar-refractivity contribution >= 4 is 5.91 Å². The van der Waals surface area contributed by atoms with E-state index in [1.807, 2.05) is 6.07 Å². The summed E-state index contributed by atoms with van der Waals surface area (Å²) in [5.41, 5.74) is 0.754. The molecule has 5 atom stereocenters. The summed E-state index contributed by atoms with van der Waals surface area (Å²) in [4.78, 5) is 11.1. The fourth-order valence-electron chi connectivity index (χ4n) is 2.44. The molecule has 1 aromatic carbocycles. The Kier molecular flexibility index (Phi) is 5.69. The number of benzene rings is 1. The third-order valence-corrected chi connectivity index (χ3v) is 3.69. The van der Waals surface area contributed by atoms with Crippen LogP contribution in [0.15, 0.2) is 30.3 Å². The summed E-state index contributed by atoms with van der Waals surface area (Å²) >= 11 is 0. The number of nitrogens with one attached hydrogen (secondary N) is 1. The third kappa shape index (κ3) is 3.86. The average molecular weight is 327 g/mol.